The Morgan fingerprint density at radius 1 is 1.58 bits per heavy atom. The van der Waals surface area contributed by atoms with Crippen molar-refractivity contribution in [2.45, 2.75) is 24.8 Å². The first-order chi connectivity index (χ1) is 5.47. The summed E-state index contributed by atoms with van der Waals surface area (Å²) in [6.45, 7) is 0.136. The van der Waals surface area contributed by atoms with Gasteiger partial charge in [-0.2, -0.15) is 0 Å². The van der Waals surface area contributed by atoms with Gasteiger partial charge in [-0.05, 0) is 6.42 Å². The summed E-state index contributed by atoms with van der Waals surface area (Å²) in [6, 6.07) is -0.779. The highest BCUT2D eigenvalue weighted by Crippen LogP contribution is 2.64. The normalized spacial score (nSPS) is 43.3. The van der Waals surface area contributed by atoms with Crippen LogP contribution >= 0.6 is 0 Å². The van der Waals surface area contributed by atoms with E-state index in [0.29, 0.717) is 0 Å². The number of carboxylic acid groups (broad SMARTS) is 1. The maximum absolute atomic E-state index is 12.7. The van der Waals surface area contributed by atoms with Crippen LogP contribution in [-0.2, 0) is 4.79 Å². The standard InChI is InChI=1S/C7H9F2NO2/c8-7(9)2-6(7)1-4(5(11)12)10-3-6/h4,10H,1-3H2,(H,11,12)/t4-,6?/m1/s1. The second-order valence-corrected chi connectivity index (χ2v) is 3.64. The molecule has 1 aliphatic heterocycles. The molecule has 0 radical (unpaired) electrons. The van der Waals surface area contributed by atoms with Crippen LogP contribution in [0.15, 0.2) is 0 Å². The molecule has 2 aliphatic rings. The Kier molecular flexibility index (Phi) is 1.29. The van der Waals surface area contributed by atoms with Gasteiger partial charge < -0.3 is 10.4 Å². The summed E-state index contributed by atoms with van der Waals surface area (Å²) in [5.41, 5.74) is -1.03. The zero-order valence-electron chi connectivity index (χ0n) is 6.31. The number of aliphatic carboxylic acids is 1. The van der Waals surface area contributed by atoms with E-state index in [9.17, 15) is 13.6 Å². The maximum atomic E-state index is 12.7. The monoisotopic (exact) mass is 177 g/mol. The first-order valence-electron chi connectivity index (χ1n) is 3.81. The molecule has 1 saturated heterocycles. The smallest absolute Gasteiger partial charge is 0.320 e. The predicted molar refractivity (Wildman–Crippen MR) is 36.0 cm³/mol. The van der Waals surface area contributed by atoms with Crippen LogP contribution < -0.4 is 5.32 Å². The van der Waals surface area contributed by atoms with Crippen LogP contribution in [0, 0.1) is 5.41 Å². The van der Waals surface area contributed by atoms with Crippen molar-refractivity contribution >= 4 is 5.97 Å². The van der Waals surface area contributed by atoms with Gasteiger partial charge in [-0.25, -0.2) is 8.78 Å². The maximum Gasteiger partial charge on any atom is 0.320 e. The lowest BCUT2D eigenvalue weighted by Crippen LogP contribution is -2.29. The molecule has 1 aliphatic carbocycles. The van der Waals surface area contributed by atoms with Crippen LogP contribution in [0.4, 0.5) is 8.78 Å². The van der Waals surface area contributed by atoms with Gasteiger partial charge in [0, 0.05) is 13.0 Å². The molecule has 0 aromatic carbocycles. The first-order valence-corrected chi connectivity index (χ1v) is 3.81. The fourth-order valence-corrected chi connectivity index (χ4v) is 1.82. The van der Waals surface area contributed by atoms with Gasteiger partial charge >= 0.3 is 5.97 Å². The van der Waals surface area contributed by atoms with Gasteiger partial charge in [0.1, 0.15) is 6.04 Å². The van der Waals surface area contributed by atoms with Crippen molar-refractivity contribution in [1.82, 2.24) is 5.32 Å². The van der Waals surface area contributed by atoms with Crippen molar-refractivity contribution in [2.75, 3.05) is 6.54 Å². The first kappa shape index (κ1) is 7.91. The van der Waals surface area contributed by atoms with E-state index in [1.165, 1.54) is 0 Å². The number of halogens is 2. The minimum absolute atomic E-state index is 0.0648. The molecule has 0 amide bonds. The zero-order chi connectivity index (χ0) is 8.98. The van der Waals surface area contributed by atoms with Crippen LogP contribution in [0.25, 0.3) is 0 Å². The Bertz CT molecular complexity index is 244. The summed E-state index contributed by atoms with van der Waals surface area (Å²) >= 11 is 0. The molecule has 2 fully saturated rings. The topological polar surface area (TPSA) is 49.3 Å². The lowest BCUT2D eigenvalue weighted by atomic mass is 10.0. The van der Waals surface area contributed by atoms with Crippen molar-refractivity contribution < 1.29 is 18.7 Å². The van der Waals surface area contributed by atoms with E-state index in [-0.39, 0.29) is 19.4 Å². The number of carboxylic acids is 1. The highest BCUT2D eigenvalue weighted by Gasteiger charge is 2.73. The Balaban J connectivity index is 2.05. The number of hydrogen-bond donors (Lipinski definition) is 2. The van der Waals surface area contributed by atoms with Crippen molar-refractivity contribution in [1.29, 1.82) is 0 Å². The molecule has 1 heterocycles. The molecule has 1 saturated carbocycles. The zero-order valence-corrected chi connectivity index (χ0v) is 6.31. The fraction of sp³-hybridized carbons (Fsp3) is 0.857. The highest BCUT2D eigenvalue weighted by molar-refractivity contribution is 5.74. The second-order valence-electron chi connectivity index (χ2n) is 3.64. The van der Waals surface area contributed by atoms with E-state index in [1.54, 1.807) is 0 Å². The van der Waals surface area contributed by atoms with Gasteiger partial charge in [-0.3, -0.25) is 4.79 Å². The predicted octanol–water partition coefficient (Wildman–Crippen LogP) is 0.458. The van der Waals surface area contributed by atoms with Gasteiger partial charge in [0.2, 0.25) is 0 Å². The third kappa shape index (κ3) is 0.857. The Hall–Kier alpha value is -0.710. The third-order valence-electron chi connectivity index (χ3n) is 2.79. The van der Waals surface area contributed by atoms with Gasteiger partial charge in [0.25, 0.3) is 5.92 Å². The quantitative estimate of drug-likeness (QED) is 0.611. The SMILES string of the molecule is O=C(O)[C@H]1CC2(CN1)CC2(F)F. The number of hydrogen-bond acceptors (Lipinski definition) is 2. The average Bonchev–Trinajstić information content (AvgIpc) is 2.38. The summed E-state index contributed by atoms with van der Waals surface area (Å²) in [5, 5.41) is 11.1. The molecule has 5 heteroatoms. The minimum Gasteiger partial charge on any atom is -0.480 e. The van der Waals surface area contributed by atoms with Crippen LogP contribution in [0.5, 0.6) is 0 Å². The molecule has 12 heavy (non-hydrogen) atoms. The highest BCUT2D eigenvalue weighted by atomic mass is 19.3. The second kappa shape index (κ2) is 1.96. The van der Waals surface area contributed by atoms with Crippen molar-refractivity contribution in [2.24, 2.45) is 5.41 Å². The Labute approximate surface area is 67.8 Å². The molecule has 2 rings (SSSR count). The molecule has 0 bridgehead atoms. The molecule has 68 valence electrons. The average molecular weight is 177 g/mol. The van der Waals surface area contributed by atoms with Crippen molar-refractivity contribution in [3.8, 4) is 0 Å². The molecule has 1 spiro atoms. The molecule has 2 N–H and O–H groups in total. The Morgan fingerprint density at radius 2 is 2.17 bits per heavy atom. The van der Waals surface area contributed by atoms with Gasteiger partial charge in [0.05, 0.1) is 5.41 Å². The third-order valence-corrected chi connectivity index (χ3v) is 2.79. The largest absolute Gasteiger partial charge is 0.480 e. The molecule has 1 unspecified atom stereocenters. The summed E-state index contributed by atoms with van der Waals surface area (Å²) in [4.78, 5) is 10.4. The molecule has 0 aromatic heterocycles. The van der Waals surface area contributed by atoms with Gasteiger partial charge in [-0.1, -0.05) is 0 Å². The van der Waals surface area contributed by atoms with Gasteiger partial charge in [0.15, 0.2) is 0 Å². The molecule has 2 atom stereocenters. The van der Waals surface area contributed by atoms with Crippen LogP contribution in [0.1, 0.15) is 12.8 Å². The number of rotatable bonds is 1. The van der Waals surface area contributed by atoms with Crippen LogP contribution in [0.2, 0.25) is 0 Å². The summed E-state index contributed by atoms with van der Waals surface area (Å²) < 4.78 is 25.4. The Morgan fingerprint density at radius 3 is 2.42 bits per heavy atom. The number of nitrogens with one attached hydrogen (secondary N) is 1. The van der Waals surface area contributed by atoms with E-state index in [2.05, 4.69) is 5.32 Å². The van der Waals surface area contributed by atoms with E-state index in [4.69, 9.17) is 5.11 Å². The van der Waals surface area contributed by atoms with E-state index in [0.717, 1.165) is 0 Å². The lowest BCUT2D eigenvalue weighted by Gasteiger charge is -2.04. The molecule has 0 aromatic rings. The fourth-order valence-electron chi connectivity index (χ4n) is 1.82. The van der Waals surface area contributed by atoms with Crippen LogP contribution in [0.3, 0.4) is 0 Å². The van der Waals surface area contributed by atoms with Crippen LogP contribution in [-0.4, -0.2) is 29.6 Å². The van der Waals surface area contributed by atoms with E-state index >= 15 is 0 Å². The molecule has 3 nitrogen and oxygen atoms in total. The number of alkyl halides is 2. The van der Waals surface area contributed by atoms with E-state index < -0.39 is 23.3 Å². The van der Waals surface area contributed by atoms with Crippen molar-refractivity contribution in [3.63, 3.8) is 0 Å². The van der Waals surface area contributed by atoms with E-state index in [1.807, 2.05) is 0 Å². The molecular formula is C7H9F2NO2. The summed E-state index contributed by atoms with van der Waals surface area (Å²) in [6.07, 6.45) is -0.0912. The number of carbonyl (C=O) groups is 1. The molecular weight excluding hydrogens is 168 g/mol. The van der Waals surface area contributed by atoms with Crippen molar-refractivity contribution in [3.05, 3.63) is 0 Å². The summed E-state index contributed by atoms with van der Waals surface area (Å²) in [7, 11) is 0. The lowest BCUT2D eigenvalue weighted by molar-refractivity contribution is -0.139. The summed E-state index contributed by atoms with van der Waals surface area (Å²) in [5.74, 6) is -3.67. The minimum atomic E-state index is -2.63. The van der Waals surface area contributed by atoms with Gasteiger partial charge in [-0.15, -0.1) is 0 Å².